The Hall–Kier alpha value is -2.47. The van der Waals surface area contributed by atoms with Gasteiger partial charge in [-0.15, -0.1) is 0 Å². The van der Waals surface area contributed by atoms with E-state index in [1.54, 1.807) is 12.1 Å². The Kier molecular flexibility index (Phi) is 4.49. The van der Waals surface area contributed by atoms with Gasteiger partial charge in [0, 0.05) is 18.7 Å². The molecule has 7 heteroatoms. The van der Waals surface area contributed by atoms with Crippen LogP contribution in [0.1, 0.15) is 17.3 Å². The largest absolute Gasteiger partial charge is 0.323 e. The third kappa shape index (κ3) is 3.76. The van der Waals surface area contributed by atoms with Crippen molar-refractivity contribution >= 4 is 34.9 Å². The monoisotopic (exact) mass is 307 g/mol. The van der Waals surface area contributed by atoms with Crippen LogP contribution in [0.4, 0.5) is 15.9 Å². The molecule has 0 fully saturated rings. The molecule has 0 aliphatic heterocycles. The highest BCUT2D eigenvalue weighted by atomic mass is 35.5. The van der Waals surface area contributed by atoms with Gasteiger partial charge in [0.15, 0.2) is 5.82 Å². The number of nitrogens with zero attached hydrogens (tertiary/aromatic N) is 1. The molecule has 1 aromatic carbocycles. The summed E-state index contributed by atoms with van der Waals surface area (Å²) in [6, 6.07) is 6.91. The molecule has 2 aromatic rings. The first kappa shape index (κ1) is 14.9. The standard InChI is InChI=1S/C14H11ClFN3O2/c1-8(20)18-12-3-2-6-17-13(12)19-14(21)9-4-5-10(15)11(16)7-9/h2-7H,1H3,(H,18,20)(H,17,19,21). The molecule has 0 saturated carbocycles. The smallest absolute Gasteiger partial charge is 0.256 e. The third-order valence-electron chi connectivity index (χ3n) is 2.53. The molecule has 1 aromatic heterocycles. The average molecular weight is 308 g/mol. The van der Waals surface area contributed by atoms with Gasteiger partial charge in [-0.05, 0) is 30.3 Å². The molecule has 0 spiro atoms. The minimum Gasteiger partial charge on any atom is -0.323 e. The van der Waals surface area contributed by atoms with Crippen molar-refractivity contribution in [2.45, 2.75) is 6.92 Å². The summed E-state index contributed by atoms with van der Waals surface area (Å²) in [5, 5.41) is 4.98. The van der Waals surface area contributed by atoms with Crippen molar-refractivity contribution in [3.05, 3.63) is 52.9 Å². The molecule has 0 saturated heterocycles. The number of nitrogens with one attached hydrogen (secondary N) is 2. The van der Waals surface area contributed by atoms with Crippen LogP contribution in [0, 0.1) is 5.82 Å². The lowest BCUT2D eigenvalue weighted by Crippen LogP contribution is -2.16. The zero-order chi connectivity index (χ0) is 15.4. The van der Waals surface area contributed by atoms with E-state index in [1.165, 1.54) is 25.3 Å². The van der Waals surface area contributed by atoms with Crippen molar-refractivity contribution in [2.24, 2.45) is 0 Å². The number of carbonyl (C=O) groups is 2. The van der Waals surface area contributed by atoms with Gasteiger partial charge in [-0.25, -0.2) is 9.37 Å². The predicted molar refractivity (Wildman–Crippen MR) is 77.9 cm³/mol. The summed E-state index contributed by atoms with van der Waals surface area (Å²) in [6.07, 6.45) is 1.46. The van der Waals surface area contributed by atoms with E-state index in [0.29, 0.717) is 5.69 Å². The predicted octanol–water partition coefficient (Wildman–Crippen LogP) is 3.08. The number of pyridine rings is 1. The SMILES string of the molecule is CC(=O)Nc1cccnc1NC(=O)c1ccc(Cl)c(F)c1. The Morgan fingerprint density at radius 3 is 2.67 bits per heavy atom. The zero-order valence-corrected chi connectivity index (χ0v) is 11.7. The van der Waals surface area contributed by atoms with Gasteiger partial charge in [0.25, 0.3) is 5.91 Å². The van der Waals surface area contributed by atoms with E-state index in [-0.39, 0.29) is 22.3 Å². The normalized spacial score (nSPS) is 10.0. The third-order valence-corrected chi connectivity index (χ3v) is 2.84. The number of carbonyl (C=O) groups excluding carboxylic acids is 2. The second-order valence-electron chi connectivity index (χ2n) is 4.16. The molecule has 0 bridgehead atoms. The molecule has 1 heterocycles. The molecule has 0 radical (unpaired) electrons. The molecule has 2 N–H and O–H groups in total. The van der Waals surface area contributed by atoms with Crippen LogP contribution in [0.15, 0.2) is 36.5 Å². The Morgan fingerprint density at radius 2 is 2.00 bits per heavy atom. The molecule has 0 aliphatic carbocycles. The van der Waals surface area contributed by atoms with Crippen LogP contribution < -0.4 is 10.6 Å². The Labute approximate surface area is 125 Å². The number of hydrogen-bond acceptors (Lipinski definition) is 3. The highest BCUT2D eigenvalue weighted by Gasteiger charge is 2.12. The van der Waals surface area contributed by atoms with E-state index in [4.69, 9.17) is 11.6 Å². The minimum atomic E-state index is -0.688. The van der Waals surface area contributed by atoms with Crippen molar-refractivity contribution in [1.29, 1.82) is 0 Å². The lowest BCUT2D eigenvalue weighted by molar-refractivity contribution is -0.114. The summed E-state index contributed by atoms with van der Waals surface area (Å²) in [4.78, 5) is 27.1. The molecular weight excluding hydrogens is 297 g/mol. The van der Waals surface area contributed by atoms with Crippen LogP contribution in [0.5, 0.6) is 0 Å². The first-order valence-electron chi connectivity index (χ1n) is 5.96. The summed E-state index contributed by atoms with van der Waals surface area (Å²) in [5.74, 6) is -1.37. The fourth-order valence-electron chi connectivity index (χ4n) is 1.61. The fraction of sp³-hybridized carbons (Fsp3) is 0.0714. The Morgan fingerprint density at radius 1 is 1.24 bits per heavy atom. The van der Waals surface area contributed by atoms with Gasteiger partial charge in [0.1, 0.15) is 5.82 Å². The van der Waals surface area contributed by atoms with E-state index in [9.17, 15) is 14.0 Å². The number of amides is 2. The van der Waals surface area contributed by atoms with Crippen LogP contribution in [0.25, 0.3) is 0 Å². The van der Waals surface area contributed by atoms with Crippen molar-refractivity contribution in [2.75, 3.05) is 10.6 Å². The van der Waals surface area contributed by atoms with Crippen molar-refractivity contribution < 1.29 is 14.0 Å². The molecular formula is C14H11ClFN3O2. The summed E-state index contributed by atoms with van der Waals surface area (Å²) in [7, 11) is 0. The van der Waals surface area contributed by atoms with Crippen molar-refractivity contribution in [3.8, 4) is 0 Å². The number of rotatable bonds is 3. The van der Waals surface area contributed by atoms with Crippen LogP contribution >= 0.6 is 11.6 Å². The highest BCUT2D eigenvalue weighted by molar-refractivity contribution is 6.30. The molecule has 21 heavy (non-hydrogen) atoms. The summed E-state index contributed by atoms with van der Waals surface area (Å²) in [6.45, 7) is 1.34. The van der Waals surface area contributed by atoms with Gasteiger partial charge in [-0.2, -0.15) is 0 Å². The molecule has 2 amide bonds. The molecule has 5 nitrogen and oxygen atoms in total. The Balaban J connectivity index is 2.23. The average Bonchev–Trinajstić information content (AvgIpc) is 2.43. The highest BCUT2D eigenvalue weighted by Crippen LogP contribution is 2.20. The topological polar surface area (TPSA) is 71.1 Å². The summed E-state index contributed by atoms with van der Waals surface area (Å²) >= 11 is 5.56. The van der Waals surface area contributed by atoms with Gasteiger partial charge in [-0.1, -0.05) is 11.6 Å². The van der Waals surface area contributed by atoms with Gasteiger partial charge in [0.05, 0.1) is 10.7 Å². The van der Waals surface area contributed by atoms with Crippen molar-refractivity contribution in [3.63, 3.8) is 0 Å². The lowest BCUT2D eigenvalue weighted by Gasteiger charge is -2.10. The quantitative estimate of drug-likeness (QED) is 0.915. The number of aromatic nitrogens is 1. The zero-order valence-electron chi connectivity index (χ0n) is 11.0. The molecule has 2 rings (SSSR count). The molecule has 0 atom stereocenters. The van der Waals surface area contributed by atoms with Gasteiger partial charge < -0.3 is 10.6 Å². The summed E-state index contributed by atoms with van der Waals surface area (Å²) < 4.78 is 13.3. The maximum absolute atomic E-state index is 13.3. The number of anilines is 2. The minimum absolute atomic E-state index is 0.0664. The second kappa shape index (κ2) is 6.32. The second-order valence-corrected chi connectivity index (χ2v) is 4.57. The van der Waals surface area contributed by atoms with Crippen LogP contribution in [0.2, 0.25) is 5.02 Å². The number of hydrogen-bond donors (Lipinski definition) is 2. The lowest BCUT2D eigenvalue weighted by atomic mass is 10.2. The molecule has 0 aliphatic rings. The summed E-state index contributed by atoms with van der Waals surface area (Å²) in [5.41, 5.74) is 0.448. The maximum Gasteiger partial charge on any atom is 0.256 e. The van der Waals surface area contributed by atoms with Crippen LogP contribution in [-0.4, -0.2) is 16.8 Å². The van der Waals surface area contributed by atoms with Gasteiger partial charge in [-0.3, -0.25) is 9.59 Å². The van der Waals surface area contributed by atoms with E-state index in [1.807, 2.05) is 0 Å². The number of benzene rings is 1. The van der Waals surface area contributed by atoms with E-state index < -0.39 is 11.7 Å². The van der Waals surface area contributed by atoms with Crippen LogP contribution in [-0.2, 0) is 4.79 Å². The number of halogens is 2. The van der Waals surface area contributed by atoms with Crippen molar-refractivity contribution in [1.82, 2.24) is 4.98 Å². The van der Waals surface area contributed by atoms with Crippen LogP contribution in [0.3, 0.4) is 0 Å². The van der Waals surface area contributed by atoms with E-state index in [2.05, 4.69) is 15.6 Å². The van der Waals surface area contributed by atoms with E-state index >= 15 is 0 Å². The first-order valence-corrected chi connectivity index (χ1v) is 6.34. The van der Waals surface area contributed by atoms with E-state index in [0.717, 1.165) is 6.07 Å². The first-order chi connectivity index (χ1) is 9.97. The Bertz CT molecular complexity index is 706. The van der Waals surface area contributed by atoms with Gasteiger partial charge >= 0.3 is 0 Å². The fourth-order valence-corrected chi connectivity index (χ4v) is 1.73. The molecule has 0 unspecified atom stereocenters. The maximum atomic E-state index is 13.3. The van der Waals surface area contributed by atoms with Gasteiger partial charge in [0.2, 0.25) is 5.91 Å². The molecule has 108 valence electrons.